The Labute approximate surface area is 101 Å². The number of ether oxygens (including phenoxy) is 1. The van der Waals surface area contributed by atoms with E-state index in [1.54, 1.807) is 6.07 Å². The Kier molecular flexibility index (Phi) is 3.32. The maximum Gasteiger partial charge on any atom is 0.107 e. The highest BCUT2D eigenvalue weighted by Crippen LogP contribution is 2.23. The molecule has 1 aliphatic rings. The van der Waals surface area contributed by atoms with Crippen LogP contribution in [-0.4, -0.2) is 30.5 Å². The molecule has 17 heavy (non-hydrogen) atoms. The van der Waals surface area contributed by atoms with Crippen molar-refractivity contribution < 1.29 is 9.84 Å². The monoisotopic (exact) mass is 232 g/mol. The van der Waals surface area contributed by atoms with E-state index in [9.17, 15) is 5.11 Å². The fourth-order valence-corrected chi connectivity index (χ4v) is 1.98. The molecule has 0 radical (unpaired) electrons. The predicted molar refractivity (Wildman–Crippen MR) is 64.8 cm³/mol. The second-order valence-electron chi connectivity index (χ2n) is 4.49. The Bertz CT molecular complexity index is 445. The van der Waals surface area contributed by atoms with Gasteiger partial charge in [-0.3, -0.25) is 0 Å². The van der Waals surface area contributed by atoms with Crippen LogP contribution in [0.15, 0.2) is 18.2 Å². The lowest BCUT2D eigenvalue weighted by atomic mass is 10.0. The number of nitriles is 1. The first kappa shape index (κ1) is 11.9. The number of anilines is 1. The van der Waals surface area contributed by atoms with Crippen LogP contribution < -0.4 is 5.32 Å². The Hall–Kier alpha value is -1.57. The minimum Gasteiger partial charge on any atom is -0.386 e. The van der Waals surface area contributed by atoms with Crippen molar-refractivity contribution in [1.82, 2.24) is 0 Å². The van der Waals surface area contributed by atoms with Crippen LogP contribution in [0, 0.1) is 18.3 Å². The molecular weight excluding hydrogens is 216 g/mol. The van der Waals surface area contributed by atoms with Gasteiger partial charge in [0, 0.05) is 19.6 Å². The third-order valence-electron chi connectivity index (χ3n) is 3.07. The molecule has 0 spiro atoms. The first-order valence-corrected chi connectivity index (χ1v) is 5.68. The molecule has 1 saturated heterocycles. The molecule has 0 bridgehead atoms. The van der Waals surface area contributed by atoms with E-state index in [-0.39, 0.29) is 0 Å². The average molecular weight is 232 g/mol. The molecular formula is C13H16N2O2. The van der Waals surface area contributed by atoms with Crippen LogP contribution in [0.1, 0.15) is 17.5 Å². The molecule has 1 fully saturated rings. The second kappa shape index (κ2) is 4.74. The molecule has 1 aromatic carbocycles. The molecule has 90 valence electrons. The molecule has 0 saturated carbocycles. The Morgan fingerprint density at radius 2 is 2.41 bits per heavy atom. The third-order valence-corrected chi connectivity index (χ3v) is 3.07. The number of rotatable bonds is 3. The zero-order valence-corrected chi connectivity index (χ0v) is 9.86. The molecule has 1 unspecified atom stereocenters. The molecule has 1 heterocycles. The van der Waals surface area contributed by atoms with Gasteiger partial charge < -0.3 is 15.2 Å². The molecule has 4 nitrogen and oxygen atoms in total. The highest BCUT2D eigenvalue weighted by Gasteiger charge is 2.32. The number of aliphatic hydroxyl groups is 1. The first-order chi connectivity index (χ1) is 8.14. The standard InChI is InChI=1S/C13H16N2O2/c1-10-3-2-4-11(7-14)12(10)15-8-13(16)5-6-17-9-13/h2-4,15-16H,5-6,8-9H2,1H3. The molecule has 2 N–H and O–H groups in total. The van der Waals surface area contributed by atoms with Crippen LogP contribution in [0.25, 0.3) is 0 Å². The lowest BCUT2D eigenvalue weighted by Gasteiger charge is -2.22. The minimum atomic E-state index is -0.811. The lowest BCUT2D eigenvalue weighted by molar-refractivity contribution is 0.0382. The van der Waals surface area contributed by atoms with Crippen molar-refractivity contribution >= 4 is 5.69 Å². The van der Waals surface area contributed by atoms with Crippen LogP contribution in [-0.2, 0) is 4.74 Å². The molecule has 0 aliphatic carbocycles. The van der Waals surface area contributed by atoms with Gasteiger partial charge in [-0.1, -0.05) is 12.1 Å². The Morgan fingerprint density at radius 1 is 1.59 bits per heavy atom. The second-order valence-corrected chi connectivity index (χ2v) is 4.49. The maximum atomic E-state index is 10.1. The minimum absolute atomic E-state index is 0.355. The Balaban J connectivity index is 2.11. The van der Waals surface area contributed by atoms with Gasteiger partial charge in [-0.05, 0) is 18.6 Å². The molecule has 0 aromatic heterocycles. The fraction of sp³-hybridized carbons (Fsp3) is 0.462. The van der Waals surface area contributed by atoms with E-state index >= 15 is 0 Å². The van der Waals surface area contributed by atoms with Gasteiger partial charge in [0.05, 0.1) is 17.9 Å². The summed E-state index contributed by atoms with van der Waals surface area (Å²) < 4.78 is 5.18. The predicted octanol–water partition coefficient (Wildman–Crippen LogP) is 1.43. The van der Waals surface area contributed by atoms with Crippen LogP contribution in [0.4, 0.5) is 5.69 Å². The largest absolute Gasteiger partial charge is 0.386 e. The van der Waals surface area contributed by atoms with Crippen molar-refractivity contribution in [2.24, 2.45) is 0 Å². The summed E-state index contributed by atoms with van der Waals surface area (Å²) in [6.45, 7) is 3.30. The van der Waals surface area contributed by atoms with Crippen molar-refractivity contribution in [2.75, 3.05) is 25.1 Å². The number of hydrogen-bond acceptors (Lipinski definition) is 4. The number of para-hydroxylation sites is 1. The molecule has 1 aliphatic heterocycles. The van der Waals surface area contributed by atoms with Gasteiger partial charge in [0.1, 0.15) is 11.7 Å². The van der Waals surface area contributed by atoms with Crippen molar-refractivity contribution in [1.29, 1.82) is 5.26 Å². The summed E-state index contributed by atoms with van der Waals surface area (Å²) >= 11 is 0. The van der Waals surface area contributed by atoms with E-state index in [0.717, 1.165) is 11.3 Å². The highest BCUT2D eigenvalue weighted by molar-refractivity contribution is 5.62. The SMILES string of the molecule is Cc1cccc(C#N)c1NCC1(O)CCOC1. The zero-order valence-electron chi connectivity index (χ0n) is 9.86. The number of aryl methyl sites for hydroxylation is 1. The molecule has 1 atom stereocenters. The van der Waals surface area contributed by atoms with Crippen molar-refractivity contribution in [3.05, 3.63) is 29.3 Å². The molecule has 4 heteroatoms. The normalized spacial score (nSPS) is 23.4. The smallest absolute Gasteiger partial charge is 0.107 e. The fourth-order valence-electron chi connectivity index (χ4n) is 1.98. The summed E-state index contributed by atoms with van der Waals surface area (Å²) in [4.78, 5) is 0. The lowest BCUT2D eigenvalue weighted by Crippen LogP contribution is -2.37. The summed E-state index contributed by atoms with van der Waals surface area (Å²) in [7, 11) is 0. The van der Waals surface area contributed by atoms with Crippen LogP contribution in [0.2, 0.25) is 0 Å². The van der Waals surface area contributed by atoms with E-state index < -0.39 is 5.60 Å². The maximum absolute atomic E-state index is 10.1. The molecule has 2 rings (SSSR count). The van der Waals surface area contributed by atoms with Gasteiger partial charge in [0.2, 0.25) is 0 Å². The molecule has 0 amide bonds. The number of nitrogens with zero attached hydrogens (tertiary/aromatic N) is 1. The van der Waals surface area contributed by atoms with Crippen molar-refractivity contribution in [3.63, 3.8) is 0 Å². The Morgan fingerprint density at radius 3 is 3.06 bits per heavy atom. The number of nitrogens with one attached hydrogen (secondary N) is 1. The topological polar surface area (TPSA) is 65.3 Å². The average Bonchev–Trinajstić information content (AvgIpc) is 2.75. The van der Waals surface area contributed by atoms with Crippen LogP contribution >= 0.6 is 0 Å². The van der Waals surface area contributed by atoms with Gasteiger partial charge in [-0.25, -0.2) is 0 Å². The highest BCUT2D eigenvalue weighted by atomic mass is 16.5. The number of benzene rings is 1. The van der Waals surface area contributed by atoms with E-state index in [1.165, 1.54) is 0 Å². The van der Waals surface area contributed by atoms with Gasteiger partial charge in [0.25, 0.3) is 0 Å². The summed E-state index contributed by atoms with van der Waals surface area (Å²) in [5.41, 5.74) is 1.60. The summed E-state index contributed by atoms with van der Waals surface area (Å²) in [5.74, 6) is 0. The van der Waals surface area contributed by atoms with Crippen molar-refractivity contribution in [3.8, 4) is 6.07 Å². The van der Waals surface area contributed by atoms with E-state index in [0.29, 0.717) is 31.7 Å². The van der Waals surface area contributed by atoms with Gasteiger partial charge in [-0.2, -0.15) is 5.26 Å². The van der Waals surface area contributed by atoms with Gasteiger partial charge >= 0.3 is 0 Å². The van der Waals surface area contributed by atoms with E-state index in [4.69, 9.17) is 10.00 Å². The van der Waals surface area contributed by atoms with Crippen molar-refractivity contribution in [2.45, 2.75) is 18.9 Å². The van der Waals surface area contributed by atoms with Crippen LogP contribution in [0.3, 0.4) is 0 Å². The van der Waals surface area contributed by atoms with Gasteiger partial charge in [0.15, 0.2) is 0 Å². The first-order valence-electron chi connectivity index (χ1n) is 5.68. The zero-order chi connectivity index (χ0) is 12.3. The quantitative estimate of drug-likeness (QED) is 0.827. The third kappa shape index (κ3) is 2.57. The summed E-state index contributed by atoms with van der Waals surface area (Å²) in [6, 6.07) is 7.71. The van der Waals surface area contributed by atoms with Gasteiger partial charge in [-0.15, -0.1) is 0 Å². The summed E-state index contributed by atoms with van der Waals surface area (Å²) in [5, 5.41) is 22.3. The van der Waals surface area contributed by atoms with E-state index in [2.05, 4.69) is 11.4 Å². The van der Waals surface area contributed by atoms with E-state index in [1.807, 2.05) is 19.1 Å². The van der Waals surface area contributed by atoms with Crippen LogP contribution in [0.5, 0.6) is 0 Å². The number of hydrogen-bond donors (Lipinski definition) is 2. The summed E-state index contributed by atoms with van der Waals surface area (Å²) in [6.07, 6.45) is 0.633. The molecule has 1 aromatic rings.